The fourth-order valence-corrected chi connectivity index (χ4v) is 1.04. The lowest BCUT2D eigenvalue weighted by molar-refractivity contribution is 0.248. The van der Waals surface area contributed by atoms with Crippen molar-refractivity contribution in [1.82, 2.24) is 5.32 Å². The first-order chi connectivity index (χ1) is 7.00. The fraction of sp³-hybridized carbons (Fsp3) is 0.111. The summed E-state index contributed by atoms with van der Waals surface area (Å²) in [4.78, 5) is 10.4. The Morgan fingerprint density at radius 2 is 2.13 bits per heavy atom. The number of amidine groups is 1. The van der Waals surface area contributed by atoms with Gasteiger partial charge in [-0.25, -0.2) is 9.18 Å². The minimum atomic E-state index is -0.718. The molecular weight excluding hydrogens is 199 g/mol. The molecule has 0 spiro atoms. The van der Waals surface area contributed by atoms with Crippen LogP contribution in [-0.2, 0) is 6.54 Å². The van der Waals surface area contributed by atoms with Gasteiger partial charge >= 0.3 is 6.03 Å². The van der Waals surface area contributed by atoms with Gasteiger partial charge in [0.1, 0.15) is 11.7 Å². The summed E-state index contributed by atoms with van der Waals surface area (Å²) in [5, 5.41) is 9.36. The van der Waals surface area contributed by atoms with Crippen LogP contribution in [0.15, 0.2) is 18.2 Å². The Balaban J connectivity index is 2.83. The van der Waals surface area contributed by atoms with Crippen molar-refractivity contribution in [3.8, 4) is 0 Å². The predicted molar refractivity (Wildman–Crippen MR) is 53.8 cm³/mol. The number of carbonyl (C=O) groups excluding carboxylic acids is 1. The van der Waals surface area contributed by atoms with E-state index in [2.05, 4.69) is 5.32 Å². The minimum Gasteiger partial charge on any atom is -0.384 e. The Labute approximate surface area is 85.8 Å². The van der Waals surface area contributed by atoms with E-state index in [0.29, 0.717) is 11.1 Å². The number of hydrogen-bond acceptors (Lipinski definition) is 2. The molecule has 2 amide bonds. The summed E-state index contributed by atoms with van der Waals surface area (Å²) in [5.74, 6) is -0.736. The lowest BCUT2D eigenvalue weighted by Crippen LogP contribution is -2.29. The van der Waals surface area contributed by atoms with Crippen molar-refractivity contribution in [2.45, 2.75) is 6.54 Å². The Morgan fingerprint density at radius 1 is 1.47 bits per heavy atom. The van der Waals surface area contributed by atoms with Gasteiger partial charge in [-0.2, -0.15) is 0 Å². The van der Waals surface area contributed by atoms with E-state index in [4.69, 9.17) is 16.9 Å². The fourth-order valence-electron chi connectivity index (χ4n) is 1.04. The summed E-state index contributed by atoms with van der Waals surface area (Å²) >= 11 is 0. The number of amides is 2. The van der Waals surface area contributed by atoms with Crippen LogP contribution < -0.4 is 16.8 Å². The van der Waals surface area contributed by atoms with Crippen molar-refractivity contribution >= 4 is 11.9 Å². The molecule has 0 bridgehead atoms. The average Bonchev–Trinajstić information content (AvgIpc) is 2.15. The molecule has 0 saturated heterocycles. The van der Waals surface area contributed by atoms with Gasteiger partial charge in [-0.05, 0) is 6.07 Å². The number of carbonyl (C=O) groups is 1. The van der Waals surface area contributed by atoms with Gasteiger partial charge in [0.05, 0.1) is 0 Å². The van der Waals surface area contributed by atoms with Crippen molar-refractivity contribution in [2.75, 3.05) is 0 Å². The number of urea groups is 1. The van der Waals surface area contributed by atoms with Crippen LogP contribution in [0.25, 0.3) is 0 Å². The highest BCUT2D eigenvalue weighted by molar-refractivity contribution is 5.94. The maximum Gasteiger partial charge on any atom is 0.312 e. The average molecular weight is 210 g/mol. The van der Waals surface area contributed by atoms with E-state index in [1.807, 2.05) is 0 Å². The molecule has 0 fully saturated rings. The van der Waals surface area contributed by atoms with Gasteiger partial charge in [-0.15, -0.1) is 0 Å². The van der Waals surface area contributed by atoms with Gasteiger partial charge in [0, 0.05) is 17.7 Å². The molecule has 1 rings (SSSR count). The number of hydrogen-bond donors (Lipinski definition) is 4. The molecule has 0 heterocycles. The first kappa shape index (κ1) is 11.0. The molecule has 0 aliphatic heterocycles. The highest BCUT2D eigenvalue weighted by Crippen LogP contribution is 2.09. The van der Waals surface area contributed by atoms with Crippen LogP contribution in [0.2, 0.25) is 0 Å². The van der Waals surface area contributed by atoms with Crippen LogP contribution in [0.3, 0.4) is 0 Å². The first-order valence-corrected chi connectivity index (χ1v) is 4.17. The summed E-state index contributed by atoms with van der Waals surface area (Å²) in [7, 11) is 0. The number of halogens is 1. The number of nitrogens with one attached hydrogen (secondary N) is 2. The molecule has 15 heavy (non-hydrogen) atoms. The van der Waals surface area contributed by atoms with E-state index < -0.39 is 11.8 Å². The lowest BCUT2D eigenvalue weighted by Gasteiger charge is -2.05. The van der Waals surface area contributed by atoms with E-state index in [9.17, 15) is 9.18 Å². The van der Waals surface area contributed by atoms with Crippen LogP contribution in [0.4, 0.5) is 9.18 Å². The summed E-state index contributed by atoms with van der Waals surface area (Å²) < 4.78 is 13.3. The molecule has 0 aliphatic carbocycles. The van der Waals surface area contributed by atoms with Gasteiger partial charge in [-0.3, -0.25) is 5.41 Å². The summed E-state index contributed by atoms with van der Waals surface area (Å²) in [6, 6.07) is 3.37. The number of benzene rings is 1. The minimum absolute atomic E-state index is 0.0132. The molecule has 0 unspecified atom stereocenters. The van der Waals surface area contributed by atoms with Gasteiger partial charge in [0.15, 0.2) is 0 Å². The van der Waals surface area contributed by atoms with Crippen LogP contribution in [-0.4, -0.2) is 11.9 Å². The third-order valence-corrected chi connectivity index (χ3v) is 1.82. The van der Waals surface area contributed by atoms with Gasteiger partial charge in [0.25, 0.3) is 0 Å². The number of primary amides is 1. The maximum absolute atomic E-state index is 13.3. The molecule has 6 heteroatoms. The normalized spacial score (nSPS) is 9.67. The van der Waals surface area contributed by atoms with E-state index in [0.717, 1.165) is 6.07 Å². The molecule has 1 aromatic carbocycles. The van der Waals surface area contributed by atoms with E-state index in [1.54, 1.807) is 0 Å². The van der Waals surface area contributed by atoms with Crippen molar-refractivity contribution in [1.29, 1.82) is 5.41 Å². The number of rotatable bonds is 3. The lowest BCUT2D eigenvalue weighted by atomic mass is 10.1. The number of nitrogens with two attached hydrogens (primary N) is 2. The second kappa shape index (κ2) is 4.41. The molecule has 0 radical (unpaired) electrons. The molecule has 5 nitrogen and oxygen atoms in total. The molecule has 80 valence electrons. The summed E-state index contributed by atoms with van der Waals surface area (Å²) in [6.45, 7) is 0.0132. The van der Waals surface area contributed by atoms with E-state index in [1.165, 1.54) is 12.1 Å². The van der Waals surface area contributed by atoms with E-state index in [-0.39, 0.29) is 12.4 Å². The monoisotopic (exact) mass is 210 g/mol. The quantitative estimate of drug-likeness (QED) is 0.425. The maximum atomic E-state index is 13.3. The Hall–Kier alpha value is -2.11. The zero-order valence-electron chi connectivity index (χ0n) is 7.88. The van der Waals surface area contributed by atoms with Crippen molar-refractivity contribution < 1.29 is 9.18 Å². The highest BCUT2D eigenvalue weighted by atomic mass is 19.1. The molecule has 0 aromatic heterocycles. The standard InChI is InChI=1S/C9H11FN4O/c10-7-3-5(8(11)12)1-2-6(7)4-14-9(13)15/h1-3H,4H2,(H3,11,12)(H3,13,14,15). The van der Waals surface area contributed by atoms with Crippen LogP contribution >= 0.6 is 0 Å². The largest absolute Gasteiger partial charge is 0.384 e. The topological polar surface area (TPSA) is 105 Å². The summed E-state index contributed by atoms with van der Waals surface area (Å²) in [6.07, 6.45) is 0. The van der Waals surface area contributed by atoms with Gasteiger partial charge in [-0.1, -0.05) is 12.1 Å². The third kappa shape index (κ3) is 2.94. The first-order valence-electron chi connectivity index (χ1n) is 4.17. The molecular formula is C9H11FN4O. The molecule has 0 saturated carbocycles. The van der Waals surface area contributed by atoms with Crippen LogP contribution in [0.1, 0.15) is 11.1 Å². The Morgan fingerprint density at radius 3 is 2.60 bits per heavy atom. The molecule has 0 aliphatic rings. The highest BCUT2D eigenvalue weighted by Gasteiger charge is 2.05. The smallest absolute Gasteiger partial charge is 0.312 e. The van der Waals surface area contributed by atoms with Crippen LogP contribution in [0.5, 0.6) is 0 Å². The molecule has 0 atom stereocenters. The zero-order chi connectivity index (χ0) is 11.4. The Kier molecular flexibility index (Phi) is 3.22. The molecule has 1 aromatic rings. The zero-order valence-corrected chi connectivity index (χ0v) is 7.88. The van der Waals surface area contributed by atoms with Crippen molar-refractivity contribution in [2.24, 2.45) is 11.5 Å². The van der Waals surface area contributed by atoms with Gasteiger partial charge in [0.2, 0.25) is 0 Å². The second-order valence-electron chi connectivity index (χ2n) is 2.94. The van der Waals surface area contributed by atoms with Crippen LogP contribution in [0, 0.1) is 11.2 Å². The predicted octanol–water partition coefficient (Wildman–Crippen LogP) is 0.278. The Bertz CT molecular complexity index is 405. The SMILES string of the molecule is N=C(N)c1ccc(CNC(N)=O)c(F)c1. The molecule has 6 N–H and O–H groups in total. The second-order valence-corrected chi connectivity index (χ2v) is 2.94. The van der Waals surface area contributed by atoms with Gasteiger partial charge < -0.3 is 16.8 Å². The third-order valence-electron chi connectivity index (χ3n) is 1.82. The number of nitrogen functional groups attached to an aromatic ring is 1. The van der Waals surface area contributed by atoms with Crippen molar-refractivity contribution in [3.05, 3.63) is 35.1 Å². The van der Waals surface area contributed by atoms with Crippen molar-refractivity contribution in [3.63, 3.8) is 0 Å². The van der Waals surface area contributed by atoms with E-state index >= 15 is 0 Å². The summed E-state index contributed by atoms with van der Waals surface area (Å²) in [5.41, 5.74) is 10.6.